The van der Waals surface area contributed by atoms with E-state index in [1.807, 2.05) is 38.2 Å². The second-order valence-corrected chi connectivity index (χ2v) is 5.32. The van der Waals surface area contributed by atoms with Gasteiger partial charge in [-0.25, -0.2) is 0 Å². The Morgan fingerprint density at radius 3 is 2.50 bits per heavy atom. The fourth-order valence-electron chi connectivity index (χ4n) is 1.44. The SMILES string of the molecule is CNC(CCO)CS(=O)c1ccc(C)cc1. The van der Waals surface area contributed by atoms with E-state index < -0.39 is 10.8 Å². The standard InChI is InChI=1S/C12H19NO2S/c1-10-3-5-12(6-4-10)16(15)9-11(13-2)7-8-14/h3-6,11,13-14H,7-9H2,1-2H3. The minimum atomic E-state index is -0.997. The van der Waals surface area contributed by atoms with Gasteiger partial charge in [-0.2, -0.15) is 0 Å². The van der Waals surface area contributed by atoms with Crippen molar-refractivity contribution in [1.82, 2.24) is 5.32 Å². The van der Waals surface area contributed by atoms with Crippen LogP contribution in [0.3, 0.4) is 0 Å². The summed E-state index contributed by atoms with van der Waals surface area (Å²) in [7, 11) is 0.829. The number of aliphatic hydroxyl groups is 1. The third-order valence-electron chi connectivity index (χ3n) is 2.52. The first-order valence-electron chi connectivity index (χ1n) is 5.40. The average molecular weight is 241 g/mol. The molecule has 0 aliphatic carbocycles. The molecule has 0 fully saturated rings. The minimum Gasteiger partial charge on any atom is -0.396 e. The number of aliphatic hydroxyl groups excluding tert-OH is 1. The van der Waals surface area contributed by atoms with Crippen LogP contribution in [0.5, 0.6) is 0 Å². The predicted molar refractivity (Wildman–Crippen MR) is 67.0 cm³/mol. The van der Waals surface area contributed by atoms with Crippen molar-refractivity contribution in [2.45, 2.75) is 24.3 Å². The molecule has 0 bridgehead atoms. The van der Waals surface area contributed by atoms with E-state index in [1.165, 1.54) is 5.56 Å². The molecule has 2 atom stereocenters. The van der Waals surface area contributed by atoms with Gasteiger partial charge >= 0.3 is 0 Å². The van der Waals surface area contributed by atoms with Gasteiger partial charge in [-0.15, -0.1) is 0 Å². The lowest BCUT2D eigenvalue weighted by molar-refractivity contribution is 0.273. The van der Waals surface area contributed by atoms with Crippen LogP contribution in [-0.4, -0.2) is 34.8 Å². The van der Waals surface area contributed by atoms with Crippen LogP contribution in [0, 0.1) is 6.92 Å². The molecule has 3 nitrogen and oxygen atoms in total. The third-order valence-corrected chi connectivity index (χ3v) is 4.03. The summed E-state index contributed by atoms with van der Waals surface area (Å²) < 4.78 is 12.0. The number of hydrogen-bond acceptors (Lipinski definition) is 3. The summed E-state index contributed by atoms with van der Waals surface area (Å²) in [4.78, 5) is 0.851. The van der Waals surface area contributed by atoms with Crippen molar-refractivity contribution >= 4 is 10.8 Å². The first-order chi connectivity index (χ1) is 7.67. The van der Waals surface area contributed by atoms with Crippen molar-refractivity contribution in [3.63, 3.8) is 0 Å². The summed E-state index contributed by atoms with van der Waals surface area (Å²) in [5.74, 6) is 0.542. The average Bonchev–Trinajstić information content (AvgIpc) is 2.29. The van der Waals surface area contributed by atoms with Gasteiger partial charge in [-0.3, -0.25) is 4.21 Å². The molecule has 0 radical (unpaired) electrons. The zero-order valence-corrected chi connectivity index (χ0v) is 10.6. The monoisotopic (exact) mass is 241 g/mol. The summed E-state index contributed by atoms with van der Waals surface area (Å²) in [6.07, 6.45) is 0.633. The van der Waals surface area contributed by atoms with E-state index in [4.69, 9.17) is 5.11 Å². The number of hydrogen-bond donors (Lipinski definition) is 2. The number of nitrogens with one attached hydrogen (secondary N) is 1. The van der Waals surface area contributed by atoms with E-state index in [0.717, 1.165) is 4.90 Å². The Kier molecular flexibility index (Phi) is 5.66. The molecule has 90 valence electrons. The molecule has 0 spiro atoms. The van der Waals surface area contributed by atoms with Gasteiger partial charge < -0.3 is 10.4 Å². The van der Waals surface area contributed by atoms with Gasteiger partial charge in [0.2, 0.25) is 0 Å². The van der Waals surface area contributed by atoms with Gasteiger partial charge in [0.05, 0.1) is 10.8 Å². The van der Waals surface area contributed by atoms with E-state index in [2.05, 4.69) is 5.32 Å². The van der Waals surface area contributed by atoms with Gasteiger partial charge in [-0.05, 0) is 32.5 Å². The van der Waals surface area contributed by atoms with Crippen LogP contribution in [-0.2, 0) is 10.8 Å². The van der Waals surface area contributed by atoms with Crippen LogP contribution in [0.25, 0.3) is 0 Å². The van der Waals surface area contributed by atoms with Crippen LogP contribution in [0.15, 0.2) is 29.2 Å². The predicted octanol–water partition coefficient (Wildman–Crippen LogP) is 1.07. The van der Waals surface area contributed by atoms with E-state index in [0.29, 0.717) is 12.2 Å². The second kappa shape index (κ2) is 6.78. The Morgan fingerprint density at radius 2 is 2.00 bits per heavy atom. The Balaban J connectivity index is 2.60. The van der Waals surface area contributed by atoms with Crippen LogP contribution >= 0.6 is 0 Å². The molecule has 16 heavy (non-hydrogen) atoms. The summed E-state index contributed by atoms with van der Waals surface area (Å²) in [5.41, 5.74) is 1.17. The molecule has 0 saturated carbocycles. The molecule has 2 N–H and O–H groups in total. The molecule has 0 amide bonds. The van der Waals surface area contributed by atoms with E-state index in [1.54, 1.807) is 0 Å². The van der Waals surface area contributed by atoms with E-state index >= 15 is 0 Å². The highest BCUT2D eigenvalue weighted by molar-refractivity contribution is 7.85. The Hall–Kier alpha value is -0.710. The number of benzene rings is 1. The smallest absolute Gasteiger partial charge is 0.0545 e. The normalized spacial score (nSPS) is 14.7. The fraction of sp³-hybridized carbons (Fsp3) is 0.500. The lowest BCUT2D eigenvalue weighted by Gasteiger charge is -2.14. The lowest BCUT2D eigenvalue weighted by Crippen LogP contribution is -2.32. The van der Waals surface area contributed by atoms with Crippen molar-refractivity contribution in [3.05, 3.63) is 29.8 Å². The molecule has 0 aliphatic heterocycles. The maximum atomic E-state index is 12.0. The molecule has 1 rings (SSSR count). The lowest BCUT2D eigenvalue weighted by atomic mass is 10.2. The molecule has 0 heterocycles. The molecular formula is C12H19NO2S. The van der Waals surface area contributed by atoms with Gasteiger partial charge in [0.1, 0.15) is 0 Å². The number of aryl methyl sites for hydroxylation is 1. The van der Waals surface area contributed by atoms with Crippen LogP contribution in [0.1, 0.15) is 12.0 Å². The summed E-state index contributed by atoms with van der Waals surface area (Å²) >= 11 is 0. The van der Waals surface area contributed by atoms with Crippen molar-refractivity contribution in [2.75, 3.05) is 19.4 Å². The summed E-state index contributed by atoms with van der Waals surface area (Å²) in [6, 6.07) is 7.84. The highest BCUT2D eigenvalue weighted by Gasteiger charge is 2.11. The van der Waals surface area contributed by atoms with Crippen LogP contribution in [0.2, 0.25) is 0 Å². The van der Waals surface area contributed by atoms with Gasteiger partial charge in [0, 0.05) is 23.3 Å². The number of rotatable bonds is 6. The zero-order chi connectivity index (χ0) is 12.0. The molecule has 0 saturated heterocycles. The molecule has 0 aliphatic rings. The third kappa shape index (κ3) is 4.04. The first-order valence-corrected chi connectivity index (χ1v) is 6.72. The second-order valence-electron chi connectivity index (χ2n) is 3.82. The van der Waals surface area contributed by atoms with Crippen molar-refractivity contribution in [3.8, 4) is 0 Å². The van der Waals surface area contributed by atoms with Crippen molar-refractivity contribution in [2.24, 2.45) is 0 Å². The largest absolute Gasteiger partial charge is 0.396 e. The molecule has 2 unspecified atom stereocenters. The van der Waals surface area contributed by atoms with Gasteiger partial charge in [-0.1, -0.05) is 17.7 Å². The Labute approximate surface area is 99.3 Å². The topological polar surface area (TPSA) is 49.3 Å². The maximum Gasteiger partial charge on any atom is 0.0545 e. The molecule has 1 aromatic rings. The van der Waals surface area contributed by atoms with Crippen LogP contribution in [0.4, 0.5) is 0 Å². The molecule has 0 aromatic heterocycles. The van der Waals surface area contributed by atoms with E-state index in [-0.39, 0.29) is 12.6 Å². The zero-order valence-electron chi connectivity index (χ0n) is 9.77. The van der Waals surface area contributed by atoms with Crippen LogP contribution < -0.4 is 5.32 Å². The first kappa shape index (κ1) is 13.4. The highest BCUT2D eigenvalue weighted by atomic mass is 32.2. The summed E-state index contributed by atoms with van der Waals surface area (Å²) in [6.45, 7) is 2.13. The molecular weight excluding hydrogens is 222 g/mol. The quantitative estimate of drug-likeness (QED) is 0.783. The Bertz CT molecular complexity index is 337. The van der Waals surface area contributed by atoms with Gasteiger partial charge in [0.25, 0.3) is 0 Å². The molecule has 4 heteroatoms. The van der Waals surface area contributed by atoms with Crippen molar-refractivity contribution < 1.29 is 9.32 Å². The highest BCUT2D eigenvalue weighted by Crippen LogP contribution is 2.10. The molecule has 1 aromatic carbocycles. The summed E-state index contributed by atoms with van der Waals surface area (Å²) in [5, 5.41) is 11.9. The fourth-order valence-corrected chi connectivity index (χ4v) is 2.77. The minimum absolute atomic E-state index is 0.104. The van der Waals surface area contributed by atoms with Gasteiger partial charge in [0.15, 0.2) is 0 Å². The Morgan fingerprint density at radius 1 is 1.38 bits per heavy atom. The van der Waals surface area contributed by atoms with Crippen molar-refractivity contribution in [1.29, 1.82) is 0 Å². The van der Waals surface area contributed by atoms with E-state index in [9.17, 15) is 4.21 Å². The maximum absolute atomic E-state index is 12.0.